The topological polar surface area (TPSA) is 109 Å². The number of aromatic amines is 1. The molecule has 4 N–H and O–H groups in total. The zero-order valence-electron chi connectivity index (χ0n) is 10.1. The van der Waals surface area contributed by atoms with E-state index in [9.17, 15) is 9.59 Å². The Kier molecular flexibility index (Phi) is 2.90. The molecule has 3 rings (SSSR count). The predicted molar refractivity (Wildman–Crippen MR) is 73.5 cm³/mol. The van der Waals surface area contributed by atoms with E-state index < -0.39 is 11.5 Å². The van der Waals surface area contributed by atoms with Gasteiger partial charge < -0.3 is 0 Å². The van der Waals surface area contributed by atoms with Gasteiger partial charge in [0, 0.05) is 10.0 Å². The normalized spacial score (nSPS) is 14.2. The van der Waals surface area contributed by atoms with Crippen molar-refractivity contribution in [2.45, 2.75) is 6.54 Å². The Bertz CT molecular complexity index is 773. The molecule has 1 aromatic carbocycles. The minimum absolute atomic E-state index is 0.0802. The molecule has 2 heterocycles. The summed E-state index contributed by atoms with van der Waals surface area (Å²) in [6.45, 7) is 0.231. The number of amides is 1. The Labute approximate surface area is 120 Å². The van der Waals surface area contributed by atoms with Crippen LogP contribution in [0, 0.1) is 0 Å². The highest BCUT2D eigenvalue weighted by atomic mass is 79.9. The fourth-order valence-corrected chi connectivity index (χ4v) is 2.21. The third-order valence-electron chi connectivity index (χ3n) is 2.91. The van der Waals surface area contributed by atoms with Crippen molar-refractivity contribution < 1.29 is 9.48 Å². The van der Waals surface area contributed by atoms with Crippen LogP contribution in [0.3, 0.4) is 0 Å². The van der Waals surface area contributed by atoms with Crippen LogP contribution < -0.4 is 21.5 Å². The number of nitrogens with zero attached hydrogens (tertiary/aromatic N) is 3. The second-order valence-corrected chi connectivity index (χ2v) is 5.13. The van der Waals surface area contributed by atoms with Crippen molar-refractivity contribution in [1.82, 2.24) is 15.4 Å². The van der Waals surface area contributed by atoms with Crippen LogP contribution in [-0.4, -0.2) is 21.6 Å². The van der Waals surface area contributed by atoms with Gasteiger partial charge in [-0.15, -0.1) is 4.68 Å². The molecule has 0 fully saturated rings. The van der Waals surface area contributed by atoms with Gasteiger partial charge in [-0.3, -0.25) is 4.79 Å². The van der Waals surface area contributed by atoms with Gasteiger partial charge in [0.2, 0.25) is 0 Å². The largest absolute Gasteiger partial charge is 0.430 e. The maximum Gasteiger partial charge on any atom is 0.430 e. The molecule has 0 radical (unpaired) electrons. The number of carbonyl (C=O) groups excluding carboxylic acids is 1. The Morgan fingerprint density at radius 3 is 2.70 bits per heavy atom. The van der Waals surface area contributed by atoms with Crippen molar-refractivity contribution in [2.75, 3.05) is 5.84 Å². The lowest BCUT2D eigenvalue weighted by atomic mass is 10.1. The monoisotopic (exact) mass is 337 g/mol. The molecule has 8 nitrogen and oxygen atoms in total. The highest BCUT2D eigenvalue weighted by Crippen LogP contribution is 2.11. The Balaban J connectivity index is 2.06. The van der Waals surface area contributed by atoms with E-state index in [1.54, 1.807) is 0 Å². The van der Waals surface area contributed by atoms with Crippen molar-refractivity contribution in [3.05, 3.63) is 50.3 Å². The molecule has 0 saturated heterocycles. The van der Waals surface area contributed by atoms with E-state index in [1.807, 2.05) is 24.3 Å². The number of hydrogen-bond acceptors (Lipinski definition) is 4. The van der Waals surface area contributed by atoms with Gasteiger partial charge in [0.05, 0.1) is 0 Å². The maximum absolute atomic E-state index is 11.8. The van der Waals surface area contributed by atoms with Gasteiger partial charge in [0.25, 0.3) is 0 Å². The van der Waals surface area contributed by atoms with Crippen LogP contribution in [0.2, 0.25) is 0 Å². The van der Waals surface area contributed by atoms with Gasteiger partial charge in [-0.1, -0.05) is 33.3 Å². The second kappa shape index (κ2) is 4.60. The predicted octanol–water partition coefficient (Wildman–Crippen LogP) is -0.912. The van der Waals surface area contributed by atoms with E-state index in [0.29, 0.717) is 5.71 Å². The summed E-state index contributed by atoms with van der Waals surface area (Å²) in [5, 5.41) is 6.63. The van der Waals surface area contributed by atoms with E-state index in [0.717, 1.165) is 14.8 Å². The van der Waals surface area contributed by atoms with Crippen LogP contribution in [0.5, 0.6) is 0 Å². The Morgan fingerprint density at radius 2 is 2.00 bits per heavy atom. The first-order valence-electron chi connectivity index (χ1n) is 5.69. The molecule has 20 heavy (non-hydrogen) atoms. The molecule has 1 amide bonds. The molecule has 1 aliphatic heterocycles. The molecule has 0 spiro atoms. The average Bonchev–Trinajstić information content (AvgIpc) is 2.60. The first-order valence-corrected chi connectivity index (χ1v) is 6.48. The van der Waals surface area contributed by atoms with Crippen LogP contribution in [0.25, 0.3) is 0 Å². The number of nitrogens with one attached hydrogen (secondary N) is 2. The Hall–Kier alpha value is -2.42. The van der Waals surface area contributed by atoms with Gasteiger partial charge in [0.1, 0.15) is 5.71 Å². The summed E-state index contributed by atoms with van der Waals surface area (Å²) < 4.78 is 2.31. The summed E-state index contributed by atoms with van der Waals surface area (Å²) in [4.78, 5) is 24.3. The van der Waals surface area contributed by atoms with E-state index in [-0.39, 0.29) is 12.2 Å². The Morgan fingerprint density at radius 1 is 1.30 bits per heavy atom. The van der Waals surface area contributed by atoms with Crippen molar-refractivity contribution in [2.24, 2.45) is 5.10 Å². The molecular weight excluding hydrogens is 328 g/mol. The van der Waals surface area contributed by atoms with Gasteiger partial charge in [-0.25, -0.2) is 16.1 Å². The van der Waals surface area contributed by atoms with Crippen molar-refractivity contribution >= 4 is 27.5 Å². The summed E-state index contributed by atoms with van der Waals surface area (Å²) in [5.74, 6) is 4.84. The van der Waals surface area contributed by atoms with E-state index >= 15 is 0 Å². The van der Waals surface area contributed by atoms with Crippen LogP contribution in [0.1, 0.15) is 16.1 Å². The summed E-state index contributed by atoms with van der Waals surface area (Å²) in [5.41, 5.74) is 3.10. The maximum atomic E-state index is 11.8. The summed E-state index contributed by atoms with van der Waals surface area (Å²) in [7, 11) is 0. The van der Waals surface area contributed by atoms with Gasteiger partial charge >= 0.3 is 17.2 Å². The number of fused-ring (bicyclic) bond motifs is 1. The molecule has 1 aromatic heterocycles. The average molecular weight is 338 g/mol. The molecule has 9 heteroatoms. The van der Waals surface area contributed by atoms with Crippen LogP contribution in [0.15, 0.2) is 38.6 Å². The number of benzene rings is 1. The van der Waals surface area contributed by atoms with Gasteiger partial charge in [-0.2, -0.15) is 5.10 Å². The second-order valence-electron chi connectivity index (χ2n) is 4.22. The number of hydrazone groups is 1. The smallest absolute Gasteiger partial charge is 0.263 e. The van der Waals surface area contributed by atoms with E-state index in [1.165, 1.54) is 4.68 Å². The molecule has 1 aliphatic rings. The highest BCUT2D eigenvalue weighted by Gasteiger charge is 2.30. The van der Waals surface area contributed by atoms with Crippen molar-refractivity contribution in [3.8, 4) is 0 Å². The number of H-pyrrole nitrogens is 1. The first kappa shape index (κ1) is 12.6. The lowest BCUT2D eigenvalue weighted by Crippen LogP contribution is -2.46. The summed E-state index contributed by atoms with van der Waals surface area (Å²) in [6, 6.07) is 7.45. The minimum Gasteiger partial charge on any atom is -0.263 e. The molecular formula is C11H10BrN6O2+. The number of nitrogen functional groups attached to an aromatic ring is 1. The number of nitrogens with two attached hydrogens (primary N) is 1. The van der Waals surface area contributed by atoms with Gasteiger partial charge in [-0.05, 0) is 16.9 Å². The first-order chi connectivity index (χ1) is 9.56. The molecule has 0 unspecified atom stereocenters. The fourth-order valence-electron chi connectivity index (χ4n) is 1.94. The number of halogens is 1. The molecule has 0 bridgehead atoms. The lowest BCUT2D eigenvalue weighted by molar-refractivity contribution is -0.742. The zero-order valence-corrected chi connectivity index (χ0v) is 11.7. The summed E-state index contributed by atoms with van der Waals surface area (Å²) >= 11 is 3.35. The molecule has 102 valence electrons. The number of aromatic nitrogens is 3. The van der Waals surface area contributed by atoms with Crippen LogP contribution in [0.4, 0.5) is 0 Å². The summed E-state index contributed by atoms with van der Waals surface area (Å²) in [6.07, 6.45) is 0. The third kappa shape index (κ3) is 2.01. The van der Waals surface area contributed by atoms with Crippen molar-refractivity contribution in [3.63, 3.8) is 0 Å². The lowest BCUT2D eigenvalue weighted by Gasteiger charge is -2.02. The van der Waals surface area contributed by atoms with E-state index in [2.05, 4.69) is 31.7 Å². The molecule has 2 aromatic rings. The number of hydrogen-bond donors (Lipinski definition) is 3. The zero-order chi connectivity index (χ0) is 14.3. The molecule has 0 saturated carbocycles. The standard InChI is InChI=1S/C11H9BrN6O2/c12-7-3-1-6(2-4-7)8-5-17-9(10(19)15-14-8)11(20)18(13)16-17/h1-4H,5H2,(H3-,13,15,16,19,20)/p+1. The third-order valence-corrected chi connectivity index (χ3v) is 3.44. The van der Waals surface area contributed by atoms with E-state index in [4.69, 9.17) is 5.84 Å². The quantitative estimate of drug-likeness (QED) is 0.462. The number of carbonyl (C=O) groups is 1. The molecule has 0 atom stereocenters. The molecule has 0 aliphatic carbocycles. The SMILES string of the molecule is Nn1[nH][n+]2c(c1=O)C(=O)NN=C(c1ccc(Br)cc1)C2. The fraction of sp³-hybridized carbons (Fsp3) is 0.0909. The van der Waals surface area contributed by atoms with Crippen LogP contribution >= 0.6 is 15.9 Å². The highest BCUT2D eigenvalue weighted by molar-refractivity contribution is 9.10. The number of rotatable bonds is 1. The van der Waals surface area contributed by atoms with Crippen molar-refractivity contribution in [1.29, 1.82) is 0 Å². The minimum atomic E-state index is -0.602. The van der Waals surface area contributed by atoms with Crippen LogP contribution in [-0.2, 0) is 6.54 Å². The van der Waals surface area contributed by atoms with Gasteiger partial charge in [0.15, 0.2) is 6.54 Å².